The summed E-state index contributed by atoms with van der Waals surface area (Å²) in [6, 6.07) is 19.6. The molecule has 2 aromatic rings. The quantitative estimate of drug-likeness (QED) is 0.890. The molecule has 2 nitrogen and oxygen atoms in total. The van der Waals surface area contributed by atoms with Gasteiger partial charge in [-0.3, -0.25) is 4.79 Å². The number of ketones is 1. The summed E-state index contributed by atoms with van der Waals surface area (Å²) in [5, 5.41) is 10.4. The second-order valence-electron chi connectivity index (χ2n) is 4.77. The lowest BCUT2D eigenvalue weighted by Crippen LogP contribution is -2.22. The van der Waals surface area contributed by atoms with Gasteiger partial charge in [0.25, 0.3) is 0 Å². The fraction of sp³-hybridized carbons (Fsp3) is 0.235. The molecule has 0 aliphatic carbocycles. The molecule has 0 heterocycles. The smallest absolute Gasteiger partial charge is 0.132 e. The Morgan fingerprint density at radius 3 is 1.74 bits per heavy atom. The number of benzene rings is 2. The van der Waals surface area contributed by atoms with E-state index in [1.54, 1.807) is 0 Å². The Morgan fingerprint density at radius 2 is 1.37 bits per heavy atom. The molecule has 0 amide bonds. The van der Waals surface area contributed by atoms with E-state index in [1.165, 1.54) is 6.92 Å². The predicted octanol–water partition coefficient (Wildman–Crippen LogP) is 3.16. The Kier molecular flexibility index (Phi) is 4.48. The Hall–Kier alpha value is -1.93. The van der Waals surface area contributed by atoms with Gasteiger partial charge < -0.3 is 5.11 Å². The van der Waals surface area contributed by atoms with E-state index < -0.39 is 6.10 Å². The van der Waals surface area contributed by atoms with Crippen LogP contribution in [0.4, 0.5) is 0 Å². The maximum atomic E-state index is 11.3. The van der Waals surface area contributed by atoms with Crippen LogP contribution in [0.3, 0.4) is 0 Å². The minimum absolute atomic E-state index is 0.00404. The highest BCUT2D eigenvalue weighted by atomic mass is 16.3. The summed E-state index contributed by atoms with van der Waals surface area (Å²) in [6.07, 6.45) is -0.517. The van der Waals surface area contributed by atoms with Gasteiger partial charge in [-0.15, -0.1) is 0 Å². The van der Waals surface area contributed by atoms with Gasteiger partial charge in [0, 0.05) is 12.3 Å². The molecule has 0 aliphatic rings. The normalized spacial score (nSPS) is 12.4. The maximum Gasteiger partial charge on any atom is 0.132 e. The van der Waals surface area contributed by atoms with Crippen molar-refractivity contribution in [2.24, 2.45) is 0 Å². The summed E-state index contributed by atoms with van der Waals surface area (Å²) in [4.78, 5) is 11.3. The van der Waals surface area contributed by atoms with Gasteiger partial charge in [-0.2, -0.15) is 0 Å². The molecular weight excluding hydrogens is 236 g/mol. The van der Waals surface area contributed by atoms with Crippen LogP contribution in [0.15, 0.2) is 60.7 Å². The molecule has 0 radical (unpaired) electrons. The summed E-state index contributed by atoms with van der Waals surface area (Å²) < 4.78 is 0. The summed E-state index contributed by atoms with van der Waals surface area (Å²) in [5.41, 5.74) is 2.06. The van der Waals surface area contributed by atoms with E-state index >= 15 is 0 Å². The molecule has 2 heteroatoms. The lowest BCUT2D eigenvalue weighted by molar-refractivity contribution is -0.119. The monoisotopic (exact) mass is 254 g/mol. The molecule has 19 heavy (non-hydrogen) atoms. The molecule has 1 unspecified atom stereocenters. The van der Waals surface area contributed by atoms with Crippen LogP contribution in [-0.2, 0) is 4.79 Å². The van der Waals surface area contributed by atoms with Gasteiger partial charge in [-0.25, -0.2) is 0 Å². The highest BCUT2D eigenvalue weighted by molar-refractivity contribution is 5.76. The molecule has 0 fully saturated rings. The average molecular weight is 254 g/mol. The SMILES string of the molecule is CC(=O)CC(O)C(c1ccccc1)c1ccccc1. The van der Waals surface area contributed by atoms with E-state index in [1.807, 2.05) is 60.7 Å². The first-order valence-corrected chi connectivity index (χ1v) is 6.46. The molecule has 1 N–H and O–H groups in total. The van der Waals surface area contributed by atoms with Crippen molar-refractivity contribution >= 4 is 5.78 Å². The van der Waals surface area contributed by atoms with Crippen LogP contribution in [0, 0.1) is 0 Å². The molecule has 0 aliphatic heterocycles. The maximum absolute atomic E-state index is 11.3. The van der Waals surface area contributed by atoms with Gasteiger partial charge in [0.1, 0.15) is 5.78 Å². The van der Waals surface area contributed by atoms with Gasteiger partial charge in [-0.1, -0.05) is 60.7 Å². The zero-order valence-electron chi connectivity index (χ0n) is 11.0. The first-order valence-electron chi connectivity index (χ1n) is 6.46. The van der Waals surface area contributed by atoms with Gasteiger partial charge >= 0.3 is 0 Å². The first-order chi connectivity index (χ1) is 9.18. The number of rotatable bonds is 5. The highest BCUT2D eigenvalue weighted by Gasteiger charge is 2.23. The van der Waals surface area contributed by atoms with Crippen molar-refractivity contribution in [3.63, 3.8) is 0 Å². The number of hydrogen-bond donors (Lipinski definition) is 1. The molecule has 2 rings (SSSR count). The van der Waals surface area contributed by atoms with Crippen LogP contribution >= 0.6 is 0 Å². The lowest BCUT2D eigenvalue weighted by atomic mass is 9.85. The third-order valence-electron chi connectivity index (χ3n) is 3.20. The average Bonchev–Trinajstić information content (AvgIpc) is 2.40. The summed E-state index contributed by atoms with van der Waals surface area (Å²) in [6.45, 7) is 1.51. The van der Waals surface area contributed by atoms with Gasteiger partial charge in [0.15, 0.2) is 0 Å². The number of aliphatic hydroxyl groups excluding tert-OH is 1. The van der Waals surface area contributed by atoms with E-state index in [0.717, 1.165) is 11.1 Å². The van der Waals surface area contributed by atoms with Crippen LogP contribution in [0.5, 0.6) is 0 Å². The van der Waals surface area contributed by atoms with E-state index in [0.29, 0.717) is 0 Å². The Bertz CT molecular complexity index is 480. The van der Waals surface area contributed by atoms with E-state index in [2.05, 4.69) is 0 Å². The minimum atomic E-state index is -0.692. The second-order valence-corrected chi connectivity index (χ2v) is 4.77. The van der Waals surface area contributed by atoms with Gasteiger partial charge in [-0.05, 0) is 18.1 Å². The van der Waals surface area contributed by atoms with Crippen molar-refractivity contribution in [1.82, 2.24) is 0 Å². The third-order valence-corrected chi connectivity index (χ3v) is 3.20. The van der Waals surface area contributed by atoms with Crippen molar-refractivity contribution in [2.45, 2.75) is 25.4 Å². The van der Waals surface area contributed by atoms with Crippen molar-refractivity contribution in [1.29, 1.82) is 0 Å². The van der Waals surface area contributed by atoms with Crippen LogP contribution in [-0.4, -0.2) is 17.0 Å². The molecule has 0 bridgehead atoms. The Morgan fingerprint density at radius 1 is 0.947 bits per heavy atom. The Labute approximate surface area is 113 Å². The number of Topliss-reactive ketones (excluding diaryl/α,β-unsaturated/α-hetero) is 1. The zero-order valence-corrected chi connectivity index (χ0v) is 11.0. The topological polar surface area (TPSA) is 37.3 Å². The first kappa shape index (κ1) is 13.5. The van der Waals surface area contributed by atoms with Crippen LogP contribution in [0.1, 0.15) is 30.4 Å². The molecule has 1 atom stereocenters. The van der Waals surface area contributed by atoms with Crippen molar-refractivity contribution in [3.05, 3.63) is 71.8 Å². The Balaban J connectivity index is 2.37. The van der Waals surface area contributed by atoms with Crippen LogP contribution in [0.2, 0.25) is 0 Å². The second kappa shape index (κ2) is 6.30. The minimum Gasteiger partial charge on any atom is -0.392 e. The van der Waals surface area contributed by atoms with E-state index in [-0.39, 0.29) is 18.1 Å². The standard InChI is InChI=1S/C17H18O2/c1-13(18)12-16(19)17(14-8-4-2-5-9-14)15-10-6-3-7-11-15/h2-11,16-17,19H,12H2,1H3. The summed E-state index contributed by atoms with van der Waals surface area (Å²) in [7, 11) is 0. The highest BCUT2D eigenvalue weighted by Crippen LogP contribution is 2.29. The fourth-order valence-corrected chi connectivity index (χ4v) is 2.37. The number of hydrogen-bond acceptors (Lipinski definition) is 2. The lowest BCUT2D eigenvalue weighted by Gasteiger charge is -2.23. The fourth-order valence-electron chi connectivity index (χ4n) is 2.37. The van der Waals surface area contributed by atoms with Crippen LogP contribution < -0.4 is 0 Å². The van der Waals surface area contributed by atoms with Crippen molar-refractivity contribution in [2.75, 3.05) is 0 Å². The van der Waals surface area contributed by atoms with E-state index in [4.69, 9.17) is 0 Å². The number of carbonyl (C=O) groups excluding carboxylic acids is 1. The molecule has 2 aromatic carbocycles. The third kappa shape index (κ3) is 3.52. The molecular formula is C17H18O2. The van der Waals surface area contributed by atoms with Gasteiger partial charge in [0.05, 0.1) is 6.10 Å². The molecule has 0 saturated carbocycles. The predicted molar refractivity (Wildman–Crippen MR) is 76.0 cm³/mol. The molecule has 0 saturated heterocycles. The molecule has 0 aromatic heterocycles. The zero-order chi connectivity index (χ0) is 13.7. The van der Waals surface area contributed by atoms with E-state index in [9.17, 15) is 9.90 Å². The molecule has 0 spiro atoms. The van der Waals surface area contributed by atoms with Crippen molar-refractivity contribution in [3.8, 4) is 0 Å². The van der Waals surface area contributed by atoms with Gasteiger partial charge in [0.2, 0.25) is 0 Å². The van der Waals surface area contributed by atoms with Crippen molar-refractivity contribution < 1.29 is 9.90 Å². The number of carbonyl (C=O) groups is 1. The van der Waals surface area contributed by atoms with Crippen LogP contribution in [0.25, 0.3) is 0 Å². The summed E-state index contributed by atoms with van der Waals surface area (Å²) >= 11 is 0. The largest absolute Gasteiger partial charge is 0.392 e. The summed E-state index contributed by atoms with van der Waals surface area (Å²) in [5.74, 6) is -0.157. The number of aliphatic hydroxyl groups is 1. The molecule has 98 valence electrons.